The first kappa shape index (κ1) is 16.5. The van der Waals surface area contributed by atoms with Crippen LogP contribution in [0.3, 0.4) is 0 Å². The summed E-state index contributed by atoms with van der Waals surface area (Å²) in [4.78, 5) is 13.3. The zero-order valence-electron chi connectivity index (χ0n) is 11.9. The molecule has 0 unspecified atom stereocenters. The quantitative estimate of drug-likeness (QED) is 0.845. The molecule has 0 aliphatic carbocycles. The molecule has 0 aliphatic rings. The molecule has 0 heterocycles. The Labute approximate surface area is 119 Å². The lowest BCUT2D eigenvalue weighted by atomic mass is 10.2. The highest BCUT2D eigenvalue weighted by Gasteiger charge is 2.17. The van der Waals surface area contributed by atoms with Crippen molar-refractivity contribution in [3.05, 3.63) is 23.8 Å². The van der Waals surface area contributed by atoms with E-state index in [9.17, 15) is 13.2 Å². The van der Waals surface area contributed by atoms with Gasteiger partial charge in [0.05, 0.1) is 0 Å². The van der Waals surface area contributed by atoms with Crippen molar-refractivity contribution in [2.45, 2.75) is 25.7 Å². The van der Waals surface area contributed by atoms with Crippen molar-refractivity contribution < 1.29 is 17.9 Å². The number of hydrogen-bond donors (Lipinski definition) is 1. The molecule has 2 N–H and O–H groups in total. The summed E-state index contributed by atoms with van der Waals surface area (Å²) in [5.74, 6) is -0.102. The van der Waals surface area contributed by atoms with Crippen molar-refractivity contribution >= 4 is 15.9 Å². The number of nitrogens with zero attached hydrogens (tertiary/aromatic N) is 1. The maximum atomic E-state index is 11.8. The average molecular weight is 300 g/mol. The van der Waals surface area contributed by atoms with Crippen LogP contribution in [-0.2, 0) is 14.8 Å². The first-order chi connectivity index (χ1) is 9.29. The Balaban J connectivity index is 2.91. The molecule has 0 atom stereocenters. The van der Waals surface area contributed by atoms with Gasteiger partial charge in [-0.3, -0.25) is 4.79 Å². The second-order valence-corrected chi connectivity index (χ2v) is 5.88. The van der Waals surface area contributed by atoms with Gasteiger partial charge in [-0.2, -0.15) is 0 Å². The van der Waals surface area contributed by atoms with Crippen molar-refractivity contribution in [2.75, 3.05) is 19.7 Å². The van der Waals surface area contributed by atoms with Crippen LogP contribution in [0.15, 0.2) is 23.1 Å². The molecule has 6 nitrogen and oxygen atoms in total. The summed E-state index contributed by atoms with van der Waals surface area (Å²) in [5, 5.41) is 5.14. The van der Waals surface area contributed by atoms with Crippen LogP contribution in [0.2, 0.25) is 0 Å². The Bertz CT molecular complexity index is 580. The Morgan fingerprint density at radius 2 is 1.90 bits per heavy atom. The molecule has 1 rings (SSSR count). The molecule has 0 saturated heterocycles. The fourth-order valence-electron chi connectivity index (χ4n) is 1.76. The van der Waals surface area contributed by atoms with Gasteiger partial charge in [-0.1, -0.05) is 6.07 Å². The number of carbonyl (C=O) groups excluding carboxylic acids is 1. The molecule has 0 spiro atoms. The molecule has 0 bridgehead atoms. The third-order valence-electron chi connectivity index (χ3n) is 2.87. The molecular weight excluding hydrogens is 280 g/mol. The van der Waals surface area contributed by atoms with Gasteiger partial charge in [0.1, 0.15) is 10.6 Å². The summed E-state index contributed by atoms with van der Waals surface area (Å²) >= 11 is 0. The summed E-state index contributed by atoms with van der Waals surface area (Å²) in [5.41, 5.74) is 0.747. The Hall–Kier alpha value is -1.60. The maximum Gasteiger partial charge on any atom is 0.260 e. The van der Waals surface area contributed by atoms with Crippen molar-refractivity contribution in [1.82, 2.24) is 4.90 Å². The fourth-order valence-corrected chi connectivity index (χ4v) is 2.52. The van der Waals surface area contributed by atoms with Crippen LogP contribution >= 0.6 is 0 Å². The lowest BCUT2D eigenvalue weighted by Crippen LogP contribution is -2.34. The topological polar surface area (TPSA) is 89.7 Å². The van der Waals surface area contributed by atoms with Crippen LogP contribution in [0, 0.1) is 6.92 Å². The highest BCUT2D eigenvalue weighted by molar-refractivity contribution is 7.89. The van der Waals surface area contributed by atoms with Crippen LogP contribution < -0.4 is 9.88 Å². The van der Waals surface area contributed by atoms with Crippen molar-refractivity contribution in [3.63, 3.8) is 0 Å². The lowest BCUT2D eigenvalue weighted by Gasteiger charge is -2.19. The number of benzene rings is 1. The zero-order valence-corrected chi connectivity index (χ0v) is 12.7. The zero-order chi connectivity index (χ0) is 15.3. The highest BCUT2D eigenvalue weighted by atomic mass is 32.2. The number of nitrogens with two attached hydrogens (primary N) is 1. The normalized spacial score (nSPS) is 11.2. The standard InChI is InChI=1S/C13H20N2O4S/c1-4-15(5-2)13(16)9-19-11-7-6-10(3)8-12(11)20(14,17)18/h6-8H,4-5,9H2,1-3H3,(H2,14,17,18). The molecule has 0 saturated carbocycles. The van der Waals surface area contributed by atoms with Crippen LogP contribution in [0.4, 0.5) is 0 Å². The first-order valence-corrected chi connectivity index (χ1v) is 7.88. The molecule has 20 heavy (non-hydrogen) atoms. The van der Waals surface area contributed by atoms with E-state index in [1.165, 1.54) is 12.1 Å². The number of sulfonamides is 1. The Kier molecular flexibility index (Phi) is 5.52. The Morgan fingerprint density at radius 1 is 1.30 bits per heavy atom. The molecule has 0 aliphatic heterocycles. The lowest BCUT2D eigenvalue weighted by molar-refractivity contribution is -0.133. The molecule has 0 radical (unpaired) electrons. The number of rotatable bonds is 6. The van der Waals surface area contributed by atoms with E-state index in [0.717, 1.165) is 5.56 Å². The fraction of sp³-hybridized carbons (Fsp3) is 0.462. The summed E-state index contributed by atoms with van der Waals surface area (Å²) < 4.78 is 28.3. The van der Waals surface area contributed by atoms with E-state index in [0.29, 0.717) is 13.1 Å². The van der Waals surface area contributed by atoms with Gasteiger partial charge in [-0.25, -0.2) is 13.6 Å². The summed E-state index contributed by atoms with van der Waals surface area (Å²) in [6.07, 6.45) is 0. The molecule has 7 heteroatoms. The molecular formula is C13H20N2O4S. The van der Waals surface area contributed by atoms with Crippen LogP contribution in [-0.4, -0.2) is 38.9 Å². The van der Waals surface area contributed by atoms with E-state index in [-0.39, 0.29) is 23.2 Å². The van der Waals surface area contributed by atoms with Crippen molar-refractivity contribution in [2.24, 2.45) is 5.14 Å². The van der Waals surface area contributed by atoms with E-state index in [1.54, 1.807) is 17.9 Å². The third kappa shape index (κ3) is 4.21. The number of amides is 1. The SMILES string of the molecule is CCN(CC)C(=O)COc1ccc(C)cc1S(N)(=O)=O. The summed E-state index contributed by atoms with van der Waals surface area (Å²) in [6.45, 7) is 6.42. The number of carbonyl (C=O) groups is 1. The second kappa shape index (κ2) is 6.71. The summed E-state index contributed by atoms with van der Waals surface area (Å²) in [7, 11) is -3.89. The average Bonchev–Trinajstić information content (AvgIpc) is 2.37. The third-order valence-corrected chi connectivity index (χ3v) is 3.81. The van der Waals surface area contributed by atoms with E-state index >= 15 is 0 Å². The van der Waals surface area contributed by atoms with E-state index in [2.05, 4.69) is 0 Å². The van der Waals surface area contributed by atoms with Crippen molar-refractivity contribution in [3.8, 4) is 5.75 Å². The van der Waals surface area contributed by atoms with Gasteiger partial charge in [0, 0.05) is 13.1 Å². The molecule has 1 aromatic rings. The predicted molar refractivity (Wildman–Crippen MR) is 76.0 cm³/mol. The van der Waals surface area contributed by atoms with Gasteiger partial charge in [0.2, 0.25) is 10.0 Å². The van der Waals surface area contributed by atoms with Gasteiger partial charge < -0.3 is 9.64 Å². The maximum absolute atomic E-state index is 11.8. The van der Waals surface area contributed by atoms with Gasteiger partial charge in [0.15, 0.2) is 6.61 Å². The molecule has 112 valence electrons. The number of hydrogen-bond acceptors (Lipinski definition) is 4. The van der Waals surface area contributed by atoms with Gasteiger partial charge in [-0.15, -0.1) is 0 Å². The molecule has 0 aromatic heterocycles. The number of aryl methyl sites for hydroxylation is 1. The number of likely N-dealkylation sites (N-methyl/N-ethyl adjacent to an activating group) is 1. The predicted octanol–water partition coefficient (Wildman–Crippen LogP) is 0.890. The van der Waals surface area contributed by atoms with Gasteiger partial charge in [-0.05, 0) is 38.5 Å². The van der Waals surface area contributed by atoms with Crippen molar-refractivity contribution in [1.29, 1.82) is 0 Å². The van der Waals surface area contributed by atoms with Crippen LogP contribution in [0.25, 0.3) is 0 Å². The minimum absolute atomic E-state index is 0.0959. The van der Waals surface area contributed by atoms with E-state index < -0.39 is 10.0 Å². The second-order valence-electron chi connectivity index (χ2n) is 4.35. The minimum atomic E-state index is -3.89. The molecule has 0 fully saturated rings. The van der Waals surface area contributed by atoms with E-state index in [4.69, 9.17) is 9.88 Å². The van der Waals surface area contributed by atoms with Gasteiger partial charge in [0.25, 0.3) is 5.91 Å². The number of ether oxygens (including phenoxy) is 1. The first-order valence-electron chi connectivity index (χ1n) is 6.33. The molecule has 1 aromatic carbocycles. The van der Waals surface area contributed by atoms with Crippen LogP contribution in [0.5, 0.6) is 5.75 Å². The molecule has 1 amide bonds. The highest BCUT2D eigenvalue weighted by Crippen LogP contribution is 2.23. The smallest absolute Gasteiger partial charge is 0.260 e. The van der Waals surface area contributed by atoms with E-state index in [1.807, 2.05) is 13.8 Å². The van der Waals surface area contributed by atoms with Crippen LogP contribution in [0.1, 0.15) is 19.4 Å². The van der Waals surface area contributed by atoms with Gasteiger partial charge >= 0.3 is 0 Å². The Morgan fingerprint density at radius 3 is 2.40 bits per heavy atom. The largest absolute Gasteiger partial charge is 0.482 e. The number of primary sulfonamides is 1. The monoisotopic (exact) mass is 300 g/mol. The summed E-state index contributed by atoms with van der Waals surface area (Å²) in [6, 6.07) is 4.63. The minimum Gasteiger partial charge on any atom is -0.482 e.